The molecule has 4 atom stereocenters. The van der Waals surface area contributed by atoms with Gasteiger partial charge < -0.3 is 0 Å². The molecule has 2 amide bonds. The predicted octanol–water partition coefficient (Wildman–Crippen LogP) is 2.00. The number of benzene rings is 1. The first kappa shape index (κ1) is 16.1. The van der Waals surface area contributed by atoms with Crippen LogP contribution < -0.4 is 0 Å². The minimum atomic E-state index is -0.625. The lowest BCUT2D eigenvalue weighted by Gasteiger charge is -2.37. The zero-order valence-electron chi connectivity index (χ0n) is 13.6. The van der Waals surface area contributed by atoms with Crippen LogP contribution in [0.4, 0.5) is 5.69 Å². The molecule has 26 heavy (non-hydrogen) atoms. The average molecular weight is 350 g/mol. The quantitative estimate of drug-likeness (QED) is 0.272. The third-order valence-corrected chi connectivity index (χ3v) is 5.40. The summed E-state index contributed by atoms with van der Waals surface area (Å²) < 4.78 is 0. The number of hydrazone groups is 1. The Morgan fingerprint density at radius 2 is 1.81 bits per heavy atom. The Kier molecular flexibility index (Phi) is 3.65. The molecular weight excluding hydrogens is 336 g/mol. The summed E-state index contributed by atoms with van der Waals surface area (Å²) in [6.45, 7) is 0. The maximum absolute atomic E-state index is 12.7. The number of nitrogens with zero attached hydrogens (tertiary/aromatic N) is 4. The topological polar surface area (TPSA) is 117 Å². The van der Waals surface area contributed by atoms with E-state index in [1.165, 1.54) is 12.1 Å². The maximum atomic E-state index is 12.7. The van der Waals surface area contributed by atoms with E-state index in [-0.39, 0.29) is 52.3 Å². The van der Waals surface area contributed by atoms with Crippen molar-refractivity contribution in [3.8, 4) is 6.07 Å². The van der Waals surface area contributed by atoms with Crippen molar-refractivity contribution in [2.75, 3.05) is 0 Å². The van der Waals surface area contributed by atoms with Crippen molar-refractivity contribution in [3.63, 3.8) is 0 Å². The second-order valence-electron chi connectivity index (χ2n) is 6.72. The number of hydrogen-bond acceptors (Lipinski definition) is 6. The number of carbonyl (C=O) groups excluding carboxylic acids is 2. The molecule has 0 unspecified atom stereocenters. The van der Waals surface area contributed by atoms with Gasteiger partial charge in [-0.3, -0.25) is 19.7 Å². The largest absolute Gasteiger partial charge is 0.279 e. The molecule has 3 aliphatic carbocycles. The van der Waals surface area contributed by atoms with Gasteiger partial charge in [-0.05, 0) is 36.8 Å². The van der Waals surface area contributed by atoms with Crippen molar-refractivity contribution < 1.29 is 14.5 Å². The van der Waals surface area contributed by atoms with Crippen LogP contribution in [-0.2, 0) is 9.59 Å². The summed E-state index contributed by atoms with van der Waals surface area (Å²) in [4.78, 5) is 35.9. The van der Waals surface area contributed by atoms with E-state index in [1.54, 1.807) is 0 Å². The van der Waals surface area contributed by atoms with Crippen molar-refractivity contribution in [2.24, 2.45) is 28.8 Å². The van der Waals surface area contributed by atoms with E-state index in [1.807, 2.05) is 18.2 Å². The number of hydrogen-bond donors (Lipinski definition) is 0. The van der Waals surface area contributed by atoms with Gasteiger partial charge >= 0.3 is 0 Å². The van der Waals surface area contributed by atoms with Crippen LogP contribution in [-0.4, -0.2) is 28.0 Å². The lowest BCUT2D eigenvalue weighted by Crippen LogP contribution is -2.38. The SMILES string of the molecule is N#Cc1ccc(/C=N\N2C(=O)[C@H]3[C@H](C2=O)[C@@H]2C=C[C@@H]3CC2)c([N+](=O)[O-])c1. The highest BCUT2D eigenvalue weighted by Crippen LogP contribution is 2.49. The minimum Gasteiger partial charge on any atom is -0.272 e. The van der Waals surface area contributed by atoms with Crippen LogP contribution in [0.2, 0.25) is 0 Å². The molecule has 1 aromatic rings. The number of amides is 2. The number of carbonyl (C=O) groups is 2. The second-order valence-corrected chi connectivity index (χ2v) is 6.72. The van der Waals surface area contributed by atoms with Gasteiger partial charge in [0.25, 0.3) is 17.5 Å². The molecule has 2 fully saturated rings. The highest BCUT2D eigenvalue weighted by atomic mass is 16.6. The molecule has 1 saturated carbocycles. The fraction of sp³-hybridized carbons (Fsp3) is 0.333. The molecule has 8 nitrogen and oxygen atoms in total. The summed E-state index contributed by atoms with van der Waals surface area (Å²) in [5.41, 5.74) is -0.0209. The lowest BCUT2D eigenvalue weighted by molar-refractivity contribution is -0.385. The fourth-order valence-electron chi connectivity index (χ4n) is 4.17. The number of imide groups is 1. The van der Waals surface area contributed by atoms with Gasteiger partial charge in [0.1, 0.15) is 0 Å². The van der Waals surface area contributed by atoms with Gasteiger partial charge in [-0.2, -0.15) is 15.4 Å². The molecule has 1 heterocycles. The molecule has 5 rings (SSSR count). The first-order valence-corrected chi connectivity index (χ1v) is 8.30. The molecule has 2 bridgehead atoms. The summed E-state index contributed by atoms with van der Waals surface area (Å²) >= 11 is 0. The molecule has 0 radical (unpaired) electrons. The molecule has 8 heteroatoms. The zero-order valence-corrected chi connectivity index (χ0v) is 13.6. The molecule has 0 N–H and O–H groups in total. The van der Waals surface area contributed by atoms with Crippen molar-refractivity contribution in [1.82, 2.24) is 5.01 Å². The Morgan fingerprint density at radius 3 is 2.31 bits per heavy atom. The second kappa shape index (κ2) is 5.88. The van der Waals surface area contributed by atoms with Crippen molar-refractivity contribution in [1.29, 1.82) is 5.26 Å². The van der Waals surface area contributed by atoms with E-state index in [2.05, 4.69) is 5.10 Å². The van der Waals surface area contributed by atoms with Gasteiger partial charge in [0.05, 0.1) is 40.2 Å². The van der Waals surface area contributed by atoms with Gasteiger partial charge in [-0.1, -0.05) is 12.2 Å². The molecule has 130 valence electrons. The van der Waals surface area contributed by atoms with Crippen LogP contribution >= 0.6 is 0 Å². The Bertz CT molecular complexity index is 898. The summed E-state index contributed by atoms with van der Waals surface area (Å²) in [7, 11) is 0. The summed E-state index contributed by atoms with van der Waals surface area (Å²) in [6.07, 6.45) is 6.94. The van der Waals surface area contributed by atoms with E-state index in [0.717, 1.165) is 30.1 Å². The van der Waals surface area contributed by atoms with Crippen LogP contribution in [0.3, 0.4) is 0 Å². The molecule has 1 saturated heterocycles. The van der Waals surface area contributed by atoms with E-state index in [0.29, 0.717) is 0 Å². The zero-order chi connectivity index (χ0) is 18.4. The molecule has 1 aliphatic heterocycles. The van der Waals surface area contributed by atoms with Crippen LogP contribution in [0.15, 0.2) is 35.5 Å². The molecule has 1 aromatic carbocycles. The van der Waals surface area contributed by atoms with Crippen molar-refractivity contribution in [3.05, 3.63) is 51.6 Å². The standard InChI is InChI=1S/C18H14N4O4/c19-8-10-1-2-13(14(7-10)22(25)26)9-20-21-17(23)15-11-3-4-12(6-5-11)16(15)18(21)24/h1-4,7,9,11-12,15-16H,5-6H2/b20-9-/t11-,12-,15-,16-/m1/s1. The fourth-order valence-corrected chi connectivity index (χ4v) is 4.17. The van der Waals surface area contributed by atoms with Gasteiger partial charge in [-0.15, -0.1) is 0 Å². The normalized spacial score (nSPS) is 29.3. The summed E-state index contributed by atoms with van der Waals surface area (Å²) in [5.74, 6) is -1.31. The van der Waals surface area contributed by atoms with Gasteiger partial charge in [0.15, 0.2) is 0 Å². The first-order chi connectivity index (χ1) is 12.5. The Morgan fingerprint density at radius 1 is 1.19 bits per heavy atom. The number of nitro groups is 1. The van der Waals surface area contributed by atoms with E-state index in [4.69, 9.17) is 5.26 Å². The van der Waals surface area contributed by atoms with Crippen molar-refractivity contribution in [2.45, 2.75) is 12.8 Å². The first-order valence-electron chi connectivity index (χ1n) is 8.30. The van der Waals surface area contributed by atoms with Gasteiger partial charge in [0, 0.05) is 6.07 Å². The third kappa shape index (κ3) is 2.32. The Balaban J connectivity index is 1.64. The number of nitriles is 1. The maximum Gasteiger partial charge on any atom is 0.279 e. The molecule has 4 aliphatic rings. The van der Waals surface area contributed by atoms with Crippen LogP contribution in [0.1, 0.15) is 24.0 Å². The van der Waals surface area contributed by atoms with Crippen LogP contribution in [0.25, 0.3) is 0 Å². The monoisotopic (exact) mass is 350 g/mol. The average Bonchev–Trinajstić information content (AvgIpc) is 2.93. The molecule has 0 spiro atoms. The van der Waals surface area contributed by atoms with Crippen LogP contribution in [0.5, 0.6) is 0 Å². The number of nitro benzene ring substituents is 1. The molecular formula is C18H14N4O4. The van der Waals surface area contributed by atoms with Gasteiger partial charge in [0.2, 0.25) is 0 Å². The van der Waals surface area contributed by atoms with E-state index >= 15 is 0 Å². The summed E-state index contributed by atoms with van der Waals surface area (Å²) in [6, 6.07) is 5.78. The highest BCUT2D eigenvalue weighted by molar-refractivity contribution is 6.06. The Hall–Kier alpha value is -3.34. The number of rotatable bonds is 3. The number of allylic oxidation sites excluding steroid dienone is 2. The summed E-state index contributed by atoms with van der Waals surface area (Å²) in [5, 5.41) is 24.9. The van der Waals surface area contributed by atoms with E-state index < -0.39 is 4.92 Å². The molecule has 0 aromatic heterocycles. The Labute approximate surface area is 148 Å². The smallest absolute Gasteiger partial charge is 0.272 e. The third-order valence-electron chi connectivity index (χ3n) is 5.40. The minimum absolute atomic E-state index is 0.0610. The highest BCUT2D eigenvalue weighted by Gasteiger charge is 2.56. The van der Waals surface area contributed by atoms with Crippen molar-refractivity contribution >= 4 is 23.7 Å². The predicted molar refractivity (Wildman–Crippen MR) is 89.6 cm³/mol. The van der Waals surface area contributed by atoms with Crippen LogP contribution in [0, 0.1) is 45.1 Å². The van der Waals surface area contributed by atoms with E-state index in [9.17, 15) is 19.7 Å². The number of fused-ring (bicyclic) bond motifs is 1. The van der Waals surface area contributed by atoms with Gasteiger partial charge in [-0.25, -0.2) is 0 Å². The lowest BCUT2D eigenvalue weighted by atomic mass is 9.63.